The van der Waals surface area contributed by atoms with Gasteiger partial charge < -0.3 is 25.8 Å². The van der Waals surface area contributed by atoms with E-state index in [4.69, 9.17) is 0 Å². The van der Waals surface area contributed by atoms with Crippen molar-refractivity contribution in [3.05, 3.63) is 35.9 Å². The lowest BCUT2D eigenvalue weighted by atomic mass is 9.95. The van der Waals surface area contributed by atoms with Gasteiger partial charge in [0.1, 0.15) is 12.1 Å². The summed E-state index contributed by atoms with van der Waals surface area (Å²) in [5, 5.41) is 8.67. The van der Waals surface area contributed by atoms with Crippen molar-refractivity contribution in [1.29, 1.82) is 0 Å². The second kappa shape index (κ2) is 10.7. The van der Waals surface area contributed by atoms with Crippen LogP contribution in [0.3, 0.4) is 0 Å². The van der Waals surface area contributed by atoms with Crippen LogP contribution in [0.1, 0.15) is 55.3 Å². The van der Waals surface area contributed by atoms with Crippen LogP contribution in [-0.4, -0.2) is 77.9 Å². The van der Waals surface area contributed by atoms with Crippen molar-refractivity contribution < 1.29 is 19.2 Å². The van der Waals surface area contributed by atoms with E-state index < -0.39 is 18.0 Å². The van der Waals surface area contributed by atoms with Gasteiger partial charge in [-0.05, 0) is 37.8 Å². The number of rotatable bonds is 4. The van der Waals surface area contributed by atoms with Crippen molar-refractivity contribution in [2.24, 2.45) is 0 Å². The number of nitrogens with one attached hydrogen (secondary N) is 3. The van der Waals surface area contributed by atoms with E-state index in [1.165, 1.54) is 11.3 Å². The van der Waals surface area contributed by atoms with Gasteiger partial charge in [-0.2, -0.15) is 0 Å². The number of amides is 5. The molecule has 3 N–H and O–H groups in total. The highest BCUT2D eigenvalue weighted by Gasteiger charge is 2.39. The van der Waals surface area contributed by atoms with Crippen molar-refractivity contribution >= 4 is 23.8 Å². The summed E-state index contributed by atoms with van der Waals surface area (Å²) in [4.78, 5) is 54.7. The van der Waals surface area contributed by atoms with Crippen molar-refractivity contribution in [2.75, 3.05) is 26.2 Å². The zero-order valence-corrected chi connectivity index (χ0v) is 18.9. The molecule has 178 valence electrons. The van der Waals surface area contributed by atoms with E-state index in [1.54, 1.807) is 29.2 Å². The minimum absolute atomic E-state index is 0.0893. The van der Waals surface area contributed by atoms with Crippen molar-refractivity contribution in [2.45, 2.75) is 63.1 Å². The van der Waals surface area contributed by atoms with Crippen LogP contribution in [-0.2, 0) is 9.59 Å². The van der Waals surface area contributed by atoms with Gasteiger partial charge in [0.05, 0.1) is 6.54 Å². The number of benzene rings is 1. The lowest BCUT2D eigenvalue weighted by Gasteiger charge is -2.41. The molecule has 33 heavy (non-hydrogen) atoms. The minimum Gasteiger partial charge on any atom is -0.354 e. The molecular weight excluding hydrogens is 422 g/mol. The molecular formula is C24H33N5O4. The first-order valence-electron chi connectivity index (χ1n) is 12.0. The van der Waals surface area contributed by atoms with Crippen LogP contribution in [0.15, 0.2) is 30.3 Å². The maximum Gasteiger partial charge on any atom is 0.318 e. The number of hydrogen-bond acceptors (Lipinski definition) is 4. The second-order valence-corrected chi connectivity index (χ2v) is 9.11. The number of hydrogen-bond donors (Lipinski definition) is 3. The largest absolute Gasteiger partial charge is 0.354 e. The van der Waals surface area contributed by atoms with Crippen LogP contribution in [0, 0.1) is 0 Å². The lowest BCUT2D eigenvalue weighted by molar-refractivity contribution is -0.133. The van der Waals surface area contributed by atoms with Crippen LogP contribution in [0.2, 0.25) is 0 Å². The summed E-state index contributed by atoms with van der Waals surface area (Å²) in [6.45, 7) is 1.29. The number of urea groups is 1. The number of carbonyl (C=O) groups excluding carboxylic acids is 4. The minimum atomic E-state index is -0.857. The monoisotopic (exact) mass is 455 g/mol. The number of nitrogens with zero attached hydrogens (tertiary/aromatic N) is 2. The van der Waals surface area contributed by atoms with Crippen LogP contribution in [0.5, 0.6) is 0 Å². The van der Waals surface area contributed by atoms with Gasteiger partial charge in [-0.1, -0.05) is 37.5 Å². The molecule has 0 bridgehead atoms. The number of piperazine rings is 1. The van der Waals surface area contributed by atoms with E-state index in [9.17, 15) is 19.2 Å². The first-order valence-corrected chi connectivity index (χ1v) is 12.0. The standard InChI is InChI=1S/C24H33N5O4/c30-21-19(12-7-13-25-21)27-22(31)20-16-28(23(32)17-8-3-1-4-9-17)14-15-29(20)24(33)26-18-10-5-2-6-11-18/h1,3-4,8-9,18-20H,2,5-7,10-16H2,(H,25,30)(H,26,33)(H,27,31)/t19-,20+/m0/s1. The Hall–Kier alpha value is -3.10. The van der Waals surface area contributed by atoms with Crippen molar-refractivity contribution in [1.82, 2.24) is 25.8 Å². The molecule has 9 nitrogen and oxygen atoms in total. The molecule has 4 rings (SSSR count). The average Bonchev–Trinajstić information content (AvgIpc) is 2.85. The maximum absolute atomic E-state index is 13.3. The molecule has 2 atom stereocenters. The average molecular weight is 456 g/mol. The topological polar surface area (TPSA) is 111 Å². The summed E-state index contributed by atoms with van der Waals surface area (Å²) >= 11 is 0. The Morgan fingerprint density at radius 2 is 1.67 bits per heavy atom. The van der Waals surface area contributed by atoms with E-state index >= 15 is 0 Å². The van der Waals surface area contributed by atoms with Gasteiger partial charge in [-0.15, -0.1) is 0 Å². The Morgan fingerprint density at radius 1 is 0.909 bits per heavy atom. The summed E-state index contributed by atoms with van der Waals surface area (Å²) in [5.41, 5.74) is 0.545. The van der Waals surface area contributed by atoms with E-state index in [2.05, 4.69) is 16.0 Å². The predicted octanol–water partition coefficient (Wildman–Crippen LogP) is 1.25. The smallest absolute Gasteiger partial charge is 0.318 e. The van der Waals surface area contributed by atoms with Crippen LogP contribution in [0.25, 0.3) is 0 Å². The van der Waals surface area contributed by atoms with Crippen LogP contribution in [0.4, 0.5) is 4.79 Å². The lowest BCUT2D eigenvalue weighted by Crippen LogP contribution is -2.65. The molecule has 2 saturated heterocycles. The molecule has 2 heterocycles. The van der Waals surface area contributed by atoms with Gasteiger partial charge in [-0.3, -0.25) is 14.4 Å². The predicted molar refractivity (Wildman–Crippen MR) is 122 cm³/mol. The first-order chi connectivity index (χ1) is 16.0. The molecule has 9 heteroatoms. The molecule has 1 aromatic rings. The van der Waals surface area contributed by atoms with Crippen molar-refractivity contribution in [3.8, 4) is 0 Å². The molecule has 0 unspecified atom stereocenters. The molecule has 1 saturated carbocycles. The molecule has 3 fully saturated rings. The Kier molecular flexibility index (Phi) is 7.47. The third-order valence-electron chi connectivity index (χ3n) is 6.79. The molecule has 0 aromatic heterocycles. The summed E-state index contributed by atoms with van der Waals surface area (Å²) in [5.74, 6) is -0.779. The van der Waals surface area contributed by atoms with Crippen molar-refractivity contribution in [3.63, 3.8) is 0 Å². The highest BCUT2D eigenvalue weighted by Crippen LogP contribution is 2.19. The fourth-order valence-corrected chi connectivity index (χ4v) is 4.88. The quantitative estimate of drug-likeness (QED) is 0.635. The third kappa shape index (κ3) is 5.64. The fourth-order valence-electron chi connectivity index (χ4n) is 4.88. The van der Waals surface area contributed by atoms with Crippen LogP contribution >= 0.6 is 0 Å². The number of piperidine rings is 1. The highest BCUT2D eigenvalue weighted by atomic mass is 16.2. The Bertz CT molecular complexity index is 871. The van der Waals surface area contributed by atoms with Gasteiger partial charge in [-0.25, -0.2) is 4.79 Å². The van der Waals surface area contributed by atoms with Gasteiger partial charge in [0.15, 0.2) is 0 Å². The summed E-state index contributed by atoms with van der Waals surface area (Å²) in [6, 6.07) is 7.29. The summed E-state index contributed by atoms with van der Waals surface area (Å²) < 4.78 is 0. The molecule has 1 aromatic carbocycles. The Morgan fingerprint density at radius 3 is 2.39 bits per heavy atom. The summed E-state index contributed by atoms with van der Waals surface area (Å²) in [6.07, 6.45) is 6.59. The van der Waals surface area contributed by atoms with Gasteiger partial charge in [0.25, 0.3) is 5.91 Å². The zero-order chi connectivity index (χ0) is 23.2. The van der Waals surface area contributed by atoms with E-state index in [0.29, 0.717) is 25.1 Å². The SMILES string of the molecule is O=C1NCCC[C@@H]1NC(=O)[C@H]1CN(C(=O)c2ccccc2)CCN1C(=O)NC1CCCCC1. The van der Waals surface area contributed by atoms with Gasteiger partial charge in [0.2, 0.25) is 11.8 Å². The third-order valence-corrected chi connectivity index (χ3v) is 6.79. The van der Waals surface area contributed by atoms with Gasteiger partial charge >= 0.3 is 6.03 Å². The van der Waals surface area contributed by atoms with Crippen LogP contribution < -0.4 is 16.0 Å². The molecule has 1 aliphatic carbocycles. The molecule has 5 amide bonds. The number of carbonyl (C=O) groups is 4. The molecule has 3 aliphatic rings. The van der Waals surface area contributed by atoms with E-state index in [1.807, 2.05) is 6.07 Å². The Labute approximate surface area is 194 Å². The fraction of sp³-hybridized carbons (Fsp3) is 0.583. The zero-order valence-electron chi connectivity index (χ0n) is 18.9. The summed E-state index contributed by atoms with van der Waals surface area (Å²) in [7, 11) is 0. The molecule has 2 aliphatic heterocycles. The highest BCUT2D eigenvalue weighted by molar-refractivity contribution is 5.96. The second-order valence-electron chi connectivity index (χ2n) is 9.11. The normalized spacial score (nSPS) is 24.1. The van der Waals surface area contributed by atoms with E-state index in [-0.39, 0.29) is 37.0 Å². The first kappa shape index (κ1) is 23.1. The van der Waals surface area contributed by atoms with Gasteiger partial charge in [0, 0.05) is 31.2 Å². The maximum atomic E-state index is 13.3. The molecule has 0 radical (unpaired) electrons. The Balaban J connectivity index is 1.48. The molecule has 0 spiro atoms. The van der Waals surface area contributed by atoms with E-state index in [0.717, 1.165) is 32.1 Å².